The Kier molecular flexibility index (Phi) is 6.03. The molecule has 6 rings (SSSR count). The molecule has 4 heterocycles. The highest BCUT2D eigenvalue weighted by Crippen LogP contribution is 2.34. The van der Waals surface area contributed by atoms with Gasteiger partial charge in [-0.2, -0.15) is 18.3 Å². The number of halogens is 4. The number of amides is 1. The fourth-order valence-corrected chi connectivity index (χ4v) is 5.33. The predicted molar refractivity (Wildman–Crippen MR) is 132 cm³/mol. The Morgan fingerprint density at radius 3 is 2.76 bits per heavy atom. The van der Waals surface area contributed by atoms with Crippen molar-refractivity contribution in [3.8, 4) is 17.1 Å². The third kappa shape index (κ3) is 4.52. The topological polar surface area (TPSA) is 78.1 Å². The van der Waals surface area contributed by atoms with Crippen LogP contribution >= 0.6 is 15.9 Å². The summed E-state index contributed by atoms with van der Waals surface area (Å²) in [5, 5.41) is 14.5. The molecule has 1 unspecified atom stereocenters. The second-order valence-corrected chi connectivity index (χ2v) is 10.2. The number of carbonyl (C=O) groups is 1. The molecule has 2 aromatic carbocycles. The van der Waals surface area contributed by atoms with Crippen molar-refractivity contribution in [1.29, 1.82) is 0 Å². The van der Waals surface area contributed by atoms with Crippen molar-refractivity contribution in [2.75, 3.05) is 13.2 Å². The minimum Gasteiger partial charge on any atom is -0.356 e. The molecular weight excluding hydrogens is 553 g/mol. The second kappa shape index (κ2) is 9.25. The van der Waals surface area contributed by atoms with Crippen LogP contribution in [0.15, 0.2) is 47.1 Å². The molecule has 0 radical (unpaired) electrons. The van der Waals surface area contributed by atoms with Crippen molar-refractivity contribution in [3.63, 3.8) is 0 Å². The van der Waals surface area contributed by atoms with Crippen molar-refractivity contribution in [2.45, 2.75) is 44.6 Å². The molecule has 1 fully saturated rings. The van der Waals surface area contributed by atoms with E-state index < -0.39 is 12.1 Å². The Morgan fingerprint density at radius 2 is 1.97 bits per heavy atom. The van der Waals surface area contributed by atoms with Crippen molar-refractivity contribution < 1.29 is 22.7 Å². The molecule has 0 aliphatic carbocycles. The highest BCUT2D eigenvalue weighted by Gasteiger charge is 2.43. The highest BCUT2D eigenvalue weighted by molar-refractivity contribution is 9.10. The molecule has 192 valence electrons. The number of alkyl halides is 3. The SMILES string of the molecule is O=C(N1CCc2cc(-n3cc(-c4nn(C5CCCCO5)c5ccc(Br)cc45)nn3)ccc2C1)C(F)(F)F. The number of aromatic nitrogens is 5. The minimum atomic E-state index is -4.87. The van der Waals surface area contributed by atoms with Crippen LogP contribution < -0.4 is 0 Å². The molecule has 1 saturated heterocycles. The van der Waals surface area contributed by atoms with E-state index in [1.165, 1.54) is 0 Å². The smallest absolute Gasteiger partial charge is 0.356 e. The van der Waals surface area contributed by atoms with Gasteiger partial charge in [0.25, 0.3) is 0 Å². The van der Waals surface area contributed by atoms with Crippen LogP contribution in [-0.4, -0.2) is 54.9 Å². The van der Waals surface area contributed by atoms with Gasteiger partial charge in [-0.25, -0.2) is 9.36 Å². The average molecular weight is 575 g/mol. The first-order valence-electron chi connectivity index (χ1n) is 12.0. The van der Waals surface area contributed by atoms with E-state index in [2.05, 4.69) is 26.2 Å². The van der Waals surface area contributed by atoms with Crippen LogP contribution in [0.4, 0.5) is 13.2 Å². The maximum Gasteiger partial charge on any atom is 0.471 e. The molecule has 1 amide bonds. The Balaban J connectivity index is 1.31. The van der Waals surface area contributed by atoms with Crippen LogP contribution in [0.25, 0.3) is 28.0 Å². The largest absolute Gasteiger partial charge is 0.471 e. The lowest BCUT2D eigenvalue weighted by atomic mass is 9.99. The van der Waals surface area contributed by atoms with Gasteiger partial charge in [-0.3, -0.25) is 4.79 Å². The molecule has 4 aromatic rings. The van der Waals surface area contributed by atoms with Gasteiger partial charge >= 0.3 is 12.1 Å². The van der Waals surface area contributed by atoms with Crippen molar-refractivity contribution >= 4 is 32.7 Å². The maximum absolute atomic E-state index is 12.8. The molecule has 0 N–H and O–H groups in total. The fraction of sp³-hybridized carbons (Fsp3) is 0.360. The summed E-state index contributed by atoms with van der Waals surface area (Å²) in [6.07, 6.45) is 0.125. The summed E-state index contributed by atoms with van der Waals surface area (Å²) in [5.74, 6) is -1.81. The summed E-state index contributed by atoms with van der Waals surface area (Å²) in [5.41, 5.74) is 4.54. The summed E-state index contributed by atoms with van der Waals surface area (Å²) in [6, 6.07) is 11.4. The lowest BCUT2D eigenvalue weighted by molar-refractivity contribution is -0.186. The second-order valence-electron chi connectivity index (χ2n) is 9.25. The fourth-order valence-electron chi connectivity index (χ4n) is 4.97. The summed E-state index contributed by atoms with van der Waals surface area (Å²) >= 11 is 3.55. The van der Waals surface area contributed by atoms with Crippen LogP contribution in [0.1, 0.15) is 36.6 Å². The highest BCUT2D eigenvalue weighted by atomic mass is 79.9. The third-order valence-corrected chi connectivity index (χ3v) is 7.32. The summed E-state index contributed by atoms with van der Waals surface area (Å²) < 4.78 is 49.0. The first-order chi connectivity index (χ1) is 17.8. The number of ether oxygens (including phenoxy) is 1. The third-order valence-electron chi connectivity index (χ3n) is 6.83. The van der Waals surface area contributed by atoms with E-state index >= 15 is 0 Å². The van der Waals surface area contributed by atoms with Gasteiger partial charge < -0.3 is 9.64 Å². The first kappa shape index (κ1) is 24.1. The van der Waals surface area contributed by atoms with Gasteiger partial charge in [-0.05, 0) is 67.1 Å². The van der Waals surface area contributed by atoms with Crippen molar-refractivity contribution in [3.05, 3.63) is 58.2 Å². The van der Waals surface area contributed by atoms with Crippen LogP contribution in [-0.2, 0) is 22.5 Å². The molecule has 1 atom stereocenters. The van der Waals surface area contributed by atoms with E-state index in [0.29, 0.717) is 30.0 Å². The number of carbonyl (C=O) groups excluding carboxylic acids is 1. The van der Waals surface area contributed by atoms with E-state index in [4.69, 9.17) is 9.84 Å². The van der Waals surface area contributed by atoms with Crippen LogP contribution in [0, 0.1) is 0 Å². The Morgan fingerprint density at radius 1 is 1.11 bits per heavy atom. The summed E-state index contributed by atoms with van der Waals surface area (Å²) in [7, 11) is 0. The standard InChI is InChI=1S/C25H22BrF3N6O2/c26-17-5-7-21-19(12-17)23(31-35(21)22-3-1-2-10-37-22)20-14-34(32-30-20)18-6-4-16-13-33(9-8-15(16)11-18)24(36)25(27,28)29/h4-7,11-12,14,22H,1-3,8-10,13H2. The van der Waals surface area contributed by atoms with Crippen molar-refractivity contribution in [1.82, 2.24) is 29.7 Å². The van der Waals surface area contributed by atoms with E-state index in [0.717, 1.165) is 50.8 Å². The van der Waals surface area contributed by atoms with Gasteiger partial charge in [0.2, 0.25) is 0 Å². The van der Waals surface area contributed by atoms with Crippen LogP contribution in [0.5, 0.6) is 0 Å². The van der Waals surface area contributed by atoms with E-state index in [1.54, 1.807) is 23.0 Å². The zero-order valence-electron chi connectivity index (χ0n) is 19.6. The number of rotatable bonds is 3. The molecule has 0 saturated carbocycles. The quantitative estimate of drug-likeness (QED) is 0.336. The zero-order valence-corrected chi connectivity index (χ0v) is 21.2. The van der Waals surface area contributed by atoms with Crippen LogP contribution in [0.3, 0.4) is 0 Å². The molecule has 37 heavy (non-hydrogen) atoms. The van der Waals surface area contributed by atoms with Gasteiger partial charge in [-0.1, -0.05) is 27.2 Å². The molecule has 12 heteroatoms. The summed E-state index contributed by atoms with van der Waals surface area (Å²) in [6.45, 7) is 0.644. The Labute approximate surface area is 218 Å². The Hall–Kier alpha value is -3.25. The van der Waals surface area contributed by atoms with Gasteiger partial charge in [0.05, 0.1) is 17.4 Å². The maximum atomic E-state index is 12.8. The number of nitrogens with zero attached hydrogens (tertiary/aromatic N) is 6. The van der Waals surface area contributed by atoms with E-state index in [-0.39, 0.29) is 19.3 Å². The lowest BCUT2D eigenvalue weighted by Gasteiger charge is -2.29. The normalized spacial score (nSPS) is 18.3. The number of benzene rings is 2. The average Bonchev–Trinajstić information content (AvgIpc) is 3.52. The molecule has 8 nitrogen and oxygen atoms in total. The monoisotopic (exact) mass is 574 g/mol. The van der Waals surface area contributed by atoms with Gasteiger partial charge in [0, 0.05) is 29.6 Å². The molecule has 0 bridgehead atoms. The molecule has 2 aliphatic heterocycles. The van der Waals surface area contributed by atoms with Crippen molar-refractivity contribution in [2.24, 2.45) is 0 Å². The van der Waals surface area contributed by atoms with Gasteiger partial charge in [-0.15, -0.1) is 5.10 Å². The minimum absolute atomic E-state index is 0.0128. The number of fused-ring (bicyclic) bond motifs is 2. The molecule has 0 spiro atoms. The van der Waals surface area contributed by atoms with Crippen LogP contribution in [0.2, 0.25) is 0 Å². The number of hydrogen-bond donors (Lipinski definition) is 0. The van der Waals surface area contributed by atoms with E-state index in [1.807, 2.05) is 28.9 Å². The number of hydrogen-bond acceptors (Lipinski definition) is 5. The first-order valence-corrected chi connectivity index (χ1v) is 12.8. The Bertz CT molecular complexity index is 1490. The van der Waals surface area contributed by atoms with E-state index in [9.17, 15) is 18.0 Å². The zero-order chi connectivity index (χ0) is 25.7. The summed E-state index contributed by atoms with van der Waals surface area (Å²) in [4.78, 5) is 12.5. The van der Waals surface area contributed by atoms with Gasteiger partial charge in [0.15, 0.2) is 6.23 Å². The molecule has 2 aliphatic rings. The predicted octanol–water partition coefficient (Wildman–Crippen LogP) is 5.19. The van der Waals surface area contributed by atoms with Gasteiger partial charge in [0.1, 0.15) is 11.4 Å². The lowest BCUT2D eigenvalue weighted by Crippen LogP contribution is -2.43. The molecule has 2 aromatic heterocycles. The molecular formula is C25H22BrF3N6O2.